The van der Waals surface area contributed by atoms with Crippen LogP contribution in [0.5, 0.6) is 0 Å². The van der Waals surface area contributed by atoms with Gasteiger partial charge in [0, 0.05) is 17.3 Å². The first-order chi connectivity index (χ1) is 7.51. The fourth-order valence-electron chi connectivity index (χ4n) is 2.87. The van der Waals surface area contributed by atoms with E-state index >= 15 is 0 Å². The Balaban J connectivity index is 2.12. The molecule has 3 heteroatoms. The molecular weight excluding hydrogens is 216 g/mol. The molecule has 2 nitrogen and oxygen atoms in total. The van der Waals surface area contributed by atoms with Crippen LogP contribution in [0, 0.1) is 18.8 Å². The van der Waals surface area contributed by atoms with Crippen molar-refractivity contribution < 1.29 is 0 Å². The second-order valence-corrected chi connectivity index (χ2v) is 6.49. The number of nitrogens with two attached hydrogens (primary N) is 1. The van der Waals surface area contributed by atoms with Gasteiger partial charge in [-0.3, -0.25) is 0 Å². The Labute approximate surface area is 102 Å². The number of hydrogen-bond donors (Lipinski definition) is 1. The lowest BCUT2D eigenvalue weighted by Crippen LogP contribution is -2.52. The molecule has 90 valence electrons. The molecule has 2 rings (SSSR count). The summed E-state index contributed by atoms with van der Waals surface area (Å²) in [6, 6.07) is 0. The first-order valence-corrected chi connectivity index (χ1v) is 7.09. The summed E-state index contributed by atoms with van der Waals surface area (Å²) in [5, 5.41) is 3.31. The van der Waals surface area contributed by atoms with Crippen molar-refractivity contribution in [3.63, 3.8) is 0 Å². The van der Waals surface area contributed by atoms with E-state index in [0.29, 0.717) is 5.92 Å². The minimum Gasteiger partial charge on any atom is -0.324 e. The molecule has 0 amide bonds. The topological polar surface area (TPSA) is 38.9 Å². The van der Waals surface area contributed by atoms with Crippen molar-refractivity contribution in [3.05, 3.63) is 16.1 Å². The molecule has 1 aromatic heterocycles. The summed E-state index contributed by atoms with van der Waals surface area (Å²) < 4.78 is 0. The number of rotatable bonds is 2. The summed E-state index contributed by atoms with van der Waals surface area (Å²) in [6.07, 6.45) is 4.69. The quantitative estimate of drug-likeness (QED) is 0.859. The summed E-state index contributed by atoms with van der Waals surface area (Å²) in [5.74, 6) is 1.35. The highest BCUT2D eigenvalue weighted by Gasteiger charge is 2.38. The van der Waals surface area contributed by atoms with E-state index in [-0.39, 0.29) is 5.54 Å². The van der Waals surface area contributed by atoms with E-state index in [1.54, 1.807) is 11.3 Å². The largest absolute Gasteiger partial charge is 0.324 e. The van der Waals surface area contributed by atoms with E-state index < -0.39 is 0 Å². The molecule has 0 saturated heterocycles. The minimum atomic E-state index is -0.0296. The lowest BCUT2D eigenvalue weighted by molar-refractivity contribution is 0.142. The number of nitrogens with zero attached hydrogens (tertiary/aromatic N) is 1. The second kappa shape index (κ2) is 4.46. The molecule has 16 heavy (non-hydrogen) atoms. The molecule has 1 heterocycles. The predicted molar refractivity (Wildman–Crippen MR) is 69.7 cm³/mol. The fraction of sp³-hybridized carbons (Fsp3) is 0.769. The van der Waals surface area contributed by atoms with Crippen LogP contribution in [0.2, 0.25) is 0 Å². The molecule has 1 aliphatic carbocycles. The van der Waals surface area contributed by atoms with E-state index in [9.17, 15) is 0 Å². The van der Waals surface area contributed by atoms with Crippen LogP contribution >= 0.6 is 11.3 Å². The molecule has 1 aromatic rings. The molecule has 0 bridgehead atoms. The van der Waals surface area contributed by atoms with E-state index in [1.807, 2.05) is 0 Å². The molecule has 1 saturated carbocycles. The highest BCUT2D eigenvalue weighted by atomic mass is 32.1. The maximum atomic E-state index is 6.60. The van der Waals surface area contributed by atoms with Crippen LogP contribution in [-0.2, 0) is 6.42 Å². The highest BCUT2D eigenvalue weighted by molar-refractivity contribution is 7.09. The van der Waals surface area contributed by atoms with E-state index in [0.717, 1.165) is 23.8 Å². The zero-order valence-electron chi connectivity index (χ0n) is 10.5. The molecule has 0 spiro atoms. The summed E-state index contributed by atoms with van der Waals surface area (Å²) in [4.78, 5) is 4.55. The van der Waals surface area contributed by atoms with E-state index in [2.05, 4.69) is 31.1 Å². The van der Waals surface area contributed by atoms with Crippen molar-refractivity contribution in [3.8, 4) is 0 Å². The van der Waals surface area contributed by atoms with Gasteiger partial charge < -0.3 is 5.73 Å². The Bertz CT molecular complexity index is 361. The van der Waals surface area contributed by atoms with Crippen LogP contribution in [-0.4, -0.2) is 10.5 Å². The Morgan fingerprint density at radius 1 is 1.56 bits per heavy atom. The van der Waals surface area contributed by atoms with Crippen LogP contribution < -0.4 is 5.73 Å². The summed E-state index contributed by atoms with van der Waals surface area (Å²) in [6.45, 7) is 6.70. The van der Waals surface area contributed by atoms with Crippen molar-refractivity contribution in [1.82, 2.24) is 4.98 Å². The van der Waals surface area contributed by atoms with Gasteiger partial charge in [-0.2, -0.15) is 0 Å². The van der Waals surface area contributed by atoms with Crippen LogP contribution in [0.25, 0.3) is 0 Å². The van der Waals surface area contributed by atoms with E-state index in [1.165, 1.54) is 18.5 Å². The molecule has 3 atom stereocenters. The first kappa shape index (κ1) is 12.1. The normalized spacial score (nSPS) is 35.2. The number of aryl methyl sites for hydroxylation is 1. The summed E-state index contributed by atoms with van der Waals surface area (Å²) in [5.41, 5.74) is 7.76. The molecule has 1 fully saturated rings. The van der Waals surface area contributed by atoms with Gasteiger partial charge in [0.25, 0.3) is 0 Å². The molecule has 0 radical (unpaired) electrons. The van der Waals surface area contributed by atoms with Gasteiger partial charge in [0.1, 0.15) is 0 Å². The van der Waals surface area contributed by atoms with Crippen molar-refractivity contribution in [2.24, 2.45) is 17.6 Å². The van der Waals surface area contributed by atoms with Gasteiger partial charge in [-0.15, -0.1) is 11.3 Å². The maximum absolute atomic E-state index is 6.60. The van der Waals surface area contributed by atoms with Gasteiger partial charge >= 0.3 is 0 Å². The third-order valence-electron chi connectivity index (χ3n) is 4.24. The third-order valence-corrected chi connectivity index (χ3v) is 5.06. The molecule has 2 N–H and O–H groups in total. The van der Waals surface area contributed by atoms with Gasteiger partial charge in [-0.25, -0.2) is 4.98 Å². The Kier molecular flexibility index (Phi) is 3.36. The molecule has 3 unspecified atom stereocenters. The van der Waals surface area contributed by atoms with Crippen LogP contribution in [0.1, 0.15) is 43.8 Å². The van der Waals surface area contributed by atoms with Gasteiger partial charge in [-0.05, 0) is 25.2 Å². The van der Waals surface area contributed by atoms with Crippen LogP contribution in [0.4, 0.5) is 0 Å². The van der Waals surface area contributed by atoms with Crippen molar-refractivity contribution in [2.75, 3.05) is 0 Å². The highest BCUT2D eigenvalue weighted by Crippen LogP contribution is 2.38. The Hall–Kier alpha value is -0.410. The Morgan fingerprint density at radius 2 is 2.31 bits per heavy atom. The monoisotopic (exact) mass is 238 g/mol. The molecule has 0 aromatic carbocycles. The average molecular weight is 238 g/mol. The lowest BCUT2D eigenvalue weighted by Gasteiger charge is -2.43. The number of aromatic nitrogens is 1. The lowest BCUT2D eigenvalue weighted by atomic mass is 9.67. The SMILES string of the molecule is Cc1nc(CC2(N)CCCC(C)C2C)cs1. The number of thiazole rings is 1. The second-order valence-electron chi connectivity index (χ2n) is 5.43. The zero-order valence-corrected chi connectivity index (χ0v) is 11.3. The van der Waals surface area contributed by atoms with Crippen LogP contribution in [0.3, 0.4) is 0 Å². The van der Waals surface area contributed by atoms with Crippen molar-refractivity contribution in [2.45, 2.75) is 52.0 Å². The van der Waals surface area contributed by atoms with Crippen molar-refractivity contribution in [1.29, 1.82) is 0 Å². The summed E-state index contributed by atoms with van der Waals surface area (Å²) >= 11 is 1.73. The van der Waals surface area contributed by atoms with Gasteiger partial charge in [0.2, 0.25) is 0 Å². The van der Waals surface area contributed by atoms with Crippen LogP contribution in [0.15, 0.2) is 5.38 Å². The fourth-order valence-corrected chi connectivity index (χ4v) is 3.49. The number of hydrogen-bond acceptors (Lipinski definition) is 3. The Morgan fingerprint density at radius 3 is 2.94 bits per heavy atom. The summed E-state index contributed by atoms with van der Waals surface area (Å²) in [7, 11) is 0. The maximum Gasteiger partial charge on any atom is 0.0897 e. The van der Waals surface area contributed by atoms with E-state index in [4.69, 9.17) is 5.73 Å². The molecule has 0 aliphatic heterocycles. The predicted octanol–water partition coefficient (Wildman–Crippen LogP) is 3.15. The zero-order chi connectivity index (χ0) is 11.8. The van der Waals surface area contributed by atoms with Gasteiger partial charge in [0.15, 0.2) is 0 Å². The average Bonchev–Trinajstić information content (AvgIpc) is 2.60. The first-order valence-electron chi connectivity index (χ1n) is 6.21. The smallest absolute Gasteiger partial charge is 0.0897 e. The molecular formula is C13H22N2S. The van der Waals surface area contributed by atoms with Crippen molar-refractivity contribution >= 4 is 11.3 Å². The molecule has 1 aliphatic rings. The standard InChI is InChI=1S/C13H22N2S/c1-9-5-4-6-13(14,10(9)2)7-12-8-16-11(3)15-12/h8-10H,4-7,14H2,1-3H3. The third kappa shape index (κ3) is 2.30. The van der Waals surface area contributed by atoms with Gasteiger partial charge in [-0.1, -0.05) is 26.7 Å². The van der Waals surface area contributed by atoms with Gasteiger partial charge in [0.05, 0.1) is 10.7 Å². The minimum absolute atomic E-state index is 0.0296.